The zero-order valence-electron chi connectivity index (χ0n) is 11.5. The summed E-state index contributed by atoms with van der Waals surface area (Å²) >= 11 is 0. The fraction of sp³-hybridized carbons (Fsp3) is 0.786. The third kappa shape index (κ3) is 2.93. The number of hydrogen-bond donors (Lipinski definition) is 0. The second-order valence-corrected chi connectivity index (χ2v) is 6.26. The average molecular weight is 248 g/mol. The summed E-state index contributed by atoms with van der Waals surface area (Å²) in [5.74, 6) is 2.93. The molecule has 0 aromatic carbocycles. The van der Waals surface area contributed by atoms with Crippen LogP contribution >= 0.6 is 0 Å². The van der Waals surface area contributed by atoms with Crippen molar-refractivity contribution in [1.29, 1.82) is 0 Å². The van der Waals surface area contributed by atoms with Crippen LogP contribution in [0.2, 0.25) is 0 Å². The Labute approximate surface area is 110 Å². The summed E-state index contributed by atoms with van der Waals surface area (Å²) in [6.07, 6.45) is 6.95. The van der Waals surface area contributed by atoms with E-state index in [1.165, 1.54) is 38.3 Å². The Hall–Kier alpha value is -0.870. The van der Waals surface area contributed by atoms with Gasteiger partial charge >= 0.3 is 0 Å². The minimum atomic E-state index is 0.717. The molecule has 4 nitrogen and oxygen atoms in total. The molecule has 1 aromatic heterocycles. The van der Waals surface area contributed by atoms with Crippen LogP contribution in [0.5, 0.6) is 0 Å². The molecule has 0 N–H and O–H groups in total. The van der Waals surface area contributed by atoms with Gasteiger partial charge in [0.1, 0.15) is 5.82 Å². The lowest BCUT2D eigenvalue weighted by Crippen LogP contribution is -2.34. The first-order valence-corrected chi connectivity index (χ1v) is 7.08. The molecule has 1 aliphatic heterocycles. The molecule has 0 bridgehead atoms. The van der Waals surface area contributed by atoms with Crippen molar-refractivity contribution in [1.82, 2.24) is 19.4 Å². The van der Waals surface area contributed by atoms with Crippen molar-refractivity contribution in [2.24, 2.45) is 11.8 Å². The minimum absolute atomic E-state index is 0.717. The summed E-state index contributed by atoms with van der Waals surface area (Å²) < 4.78 is 2.35. The van der Waals surface area contributed by atoms with Gasteiger partial charge in [-0.05, 0) is 32.9 Å². The lowest BCUT2D eigenvalue weighted by molar-refractivity contribution is 0.194. The predicted octanol–water partition coefficient (Wildman–Crippen LogP) is 1.29. The minimum Gasteiger partial charge on any atom is -0.333 e. The SMILES string of the molecule is CN(C)CC1CN(CC2CC2)Cc2nccn2C1. The van der Waals surface area contributed by atoms with Gasteiger partial charge in [-0.15, -0.1) is 0 Å². The van der Waals surface area contributed by atoms with Gasteiger partial charge in [0.15, 0.2) is 0 Å². The first-order chi connectivity index (χ1) is 8.70. The highest BCUT2D eigenvalue weighted by Crippen LogP contribution is 2.31. The van der Waals surface area contributed by atoms with E-state index in [0.29, 0.717) is 5.92 Å². The number of nitrogens with zero attached hydrogens (tertiary/aromatic N) is 4. The number of aromatic nitrogens is 2. The molecule has 100 valence electrons. The zero-order valence-corrected chi connectivity index (χ0v) is 11.5. The summed E-state index contributed by atoms with van der Waals surface area (Å²) in [5.41, 5.74) is 0. The van der Waals surface area contributed by atoms with Crippen LogP contribution in [-0.4, -0.2) is 53.1 Å². The lowest BCUT2D eigenvalue weighted by atomic mass is 10.1. The van der Waals surface area contributed by atoms with Gasteiger partial charge < -0.3 is 9.47 Å². The molecule has 0 radical (unpaired) electrons. The third-order valence-corrected chi connectivity index (χ3v) is 3.97. The van der Waals surface area contributed by atoms with Gasteiger partial charge in [0, 0.05) is 44.5 Å². The summed E-state index contributed by atoms with van der Waals surface area (Å²) in [7, 11) is 4.34. The van der Waals surface area contributed by atoms with Crippen molar-refractivity contribution >= 4 is 0 Å². The van der Waals surface area contributed by atoms with Crippen molar-refractivity contribution < 1.29 is 0 Å². The molecule has 1 unspecified atom stereocenters. The second-order valence-electron chi connectivity index (χ2n) is 6.26. The smallest absolute Gasteiger partial charge is 0.122 e. The van der Waals surface area contributed by atoms with Crippen molar-refractivity contribution in [2.75, 3.05) is 33.7 Å². The van der Waals surface area contributed by atoms with Crippen molar-refractivity contribution in [3.8, 4) is 0 Å². The Morgan fingerprint density at radius 1 is 1.28 bits per heavy atom. The quantitative estimate of drug-likeness (QED) is 0.802. The predicted molar refractivity (Wildman–Crippen MR) is 72.3 cm³/mol. The van der Waals surface area contributed by atoms with Gasteiger partial charge in [-0.3, -0.25) is 4.90 Å². The highest BCUT2D eigenvalue weighted by atomic mass is 15.2. The van der Waals surface area contributed by atoms with E-state index in [4.69, 9.17) is 0 Å². The largest absolute Gasteiger partial charge is 0.333 e. The van der Waals surface area contributed by atoms with Crippen LogP contribution in [0.25, 0.3) is 0 Å². The number of fused-ring (bicyclic) bond motifs is 1. The highest BCUT2D eigenvalue weighted by molar-refractivity contribution is 4.96. The van der Waals surface area contributed by atoms with Crippen LogP contribution in [0.3, 0.4) is 0 Å². The fourth-order valence-electron chi connectivity index (χ4n) is 3.06. The number of hydrogen-bond acceptors (Lipinski definition) is 3. The monoisotopic (exact) mass is 248 g/mol. The molecule has 1 aromatic rings. The molecule has 1 aliphatic carbocycles. The van der Waals surface area contributed by atoms with Gasteiger partial charge in [-0.25, -0.2) is 4.98 Å². The molecule has 1 atom stereocenters. The fourth-order valence-corrected chi connectivity index (χ4v) is 3.06. The molecule has 18 heavy (non-hydrogen) atoms. The summed E-state index contributed by atoms with van der Waals surface area (Å²) in [6, 6.07) is 0. The van der Waals surface area contributed by atoms with Gasteiger partial charge in [-0.1, -0.05) is 0 Å². The van der Waals surface area contributed by atoms with E-state index < -0.39 is 0 Å². The van der Waals surface area contributed by atoms with E-state index >= 15 is 0 Å². The molecule has 1 fully saturated rings. The van der Waals surface area contributed by atoms with Crippen molar-refractivity contribution in [3.63, 3.8) is 0 Å². The van der Waals surface area contributed by atoms with Crippen LogP contribution in [0, 0.1) is 11.8 Å². The molecule has 2 heterocycles. The molecular formula is C14H24N4. The topological polar surface area (TPSA) is 24.3 Å². The summed E-state index contributed by atoms with van der Waals surface area (Å²) in [4.78, 5) is 9.45. The number of rotatable bonds is 4. The maximum Gasteiger partial charge on any atom is 0.122 e. The van der Waals surface area contributed by atoms with Crippen molar-refractivity contribution in [2.45, 2.75) is 25.9 Å². The van der Waals surface area contributed by atoms with Crippen LogP contribution in [-0.2, 0) is 13.1 Å². The van der Waals surface area contributed by atoms with Crippen LogP contribution in [0.1, 0.15) is 18.7 Å². The van der Waals surface area contributed by atoms with E-state index in [-0.39, 0.29) is 0 Å². The first-order valence-electron chi connectivity index (χ1n) is 7.08. The molecule has 2 aliphatic rings. The van der Waals surface area contributed by atoms with E-state index in [0.717, 1.165) is 19.0 Å². The Morgan fingerprint density at radius 3 is 2.83 bits per heavy atom. The first kappa shape index (κ1) is 12.2. The van der Waals surface area contributed by atoms with Gasteiger partial charge in [0.2, 0.25) is 0 Å². The Morgan fingerprint density at radius 2 is 2.11 bits per heavy atom. The molecular weight excluding hydrogens is 224 g/mol. The molecule has 4 heteroatoms. The average Bonchev–Trinajstić information content (AvgIpc) is 3.02. The van der Waals surface area contributed by atoms with Gasteiger partial charge in [0.25, 0.3) is 0 Å². The second kappa shape index (κ2) is 5.02. The molecule has 0 amide bonds. The number of imidazole rings is 1. The Bertz CT molecular complexity index is 368. The van der Waals surface area contributed by atoms with Crippen LogP contribution in [0.4, 0.5) is 0 Å². The molecule has 1 saturated carbocycles. The van der Waals surface area contributed by atoms with E-state index in [1.54, 1.807) is 0 Å². The maximum absolute atomic E-state index is 4.52. The lowest BCUT2D eigenvalue weighted by Gasteiger charge is -2.25. The summed E-state index contributed by atoms with van der Waals surface area (Å²) in [6.45, 7) is 5.82. The van der Waals surface area contributed by atoms with E-state index in [9.17, 15) is 0 Å². The molecule has 3 rings (SSSR count). The summed E-state index contributed by atoms with van der Waals surface area (Å²) in [5, 5.41) is 0. The Kier molecular flexibility index (Phi) is 3.39. The third-order valence-electron chi connectivity index (χ3n) is 3.97. The maximum atomic E-state index is 4.52. The Balaban J connectivity index is 1.72. The van der Waals surface area contributed by atoms with Crippen LogP contribution < -0.4 is 0 Å². The van der Waals surface area contributed by atoms with E-state index in [2.05, 4.69) is 39.6 Å². The highest BCUT2D eigenvalue weighted by Gasteiger charge is 2.28. The normalized spacial score (nSPS) is 25.2. The van der Waals surface area contributed by atoms with Gasteiger partial charge in [-0.2, -0.15) is 0 Å². The standard InChI is InChI=1S/C14H24N4/c1-16(2)7-13-9-17(8-12-3-4-12)11-14-15-5-6-18(14)10-13/h5-6,12-13H,3-4,7-11H2,1-2H3. The van der Waals surface area contributed by atoms with Crippen LogP contribution in [0.15, 0.2) is 12.4 Å². The molecule has 0 spiro atoms. The zero-order chi connectivity index (χ0) is 12.5. The molecule has 0 saturated heterocycles. The van der Waals surface area contributed by atoms with E-state index in [1.807, 2.05) is 6.20 Å². The van der Waals surface area contributed by atoms with Gasteiger partial charge in [0.05, 0.1) is 6.54 Å². The van der Waals surface area contributed by atoms with Crippen molar-refractivity contribution in [3.05, 3.63) is 18.2 Å².